The topological polar surface area (TPSA) is 49.4 Å². The van der Waals surface area contributed by atoms with Crippen molar-refractivity contribution in [3.8, 4) is 0 Å². The zero-order valence-corrected chi connectivity index (χ0v) is 11.2. The molecule has 6 heteroatoms. The molecule has 0 spiro atoms. The SMILES string of the molecule is CCN(CC)S(=O)(=O)NCCCCBr. The van der Waals surface area contributed by atoms with E-state index in [-0.39, 0.29) is 0 Å². The van der Waals surface area contributed by atoms with Crippen molar-refractivity contribution in [3.05, 3.63) is 0 Å². The summed E-state index contributed by atoms with van der Waals surface area (Å²) in [5, 5.41) is 0.917. The first-order valence-electron chi connectivity index (χ1n) is 4.89. The summed E-state index contributed by atoms with van der Waals surface area (Å²) >= 11 is 3.30. The van der Waals surface area contributed by atoms with Gasteiger partial charge in [-0.15, -0.1) is 0 Å². The summed E-state index contributed by atoms with van der Waals surface area (Å²) in [7, 11) is -3.23. The van der Waals surface area contributed by atoms with Crippen LogP contribution in [-0.2, 0) is 10.2 Å². The molecular formula is C8H19BrN2O2S. The normalized spacial score (nSPS) is 12.3. The smallest absolute Gasteiger partial charge is 0.202 e. The Balaban J connectivity index is 3.94. The maximum Gasteiger partial charge on any atom is 0.279 e. The second-order valence-corrected chi connectivity index (χ2v) is 5.43. The first kappa shape index (κ1) is 14.3. The molecule has 0 atom stereocenters. The summed E-state index contributed by atoms with van der Waals surface area (Å²) in [4.78, 5) is 0. The van der Waals surface area contributed by atoms with E-state index >= 15 is 0 Å². The molecule has 0 amide bonds. The van der Waals surface area contributed by atoms with E-state index in [2.05, 4.69) is 20.7 Å². The van der Waals surface area contributed by atoms with Crippen molar-refractivity contribution >= 4 is 26.1 Å². The molecule has 0 saturated carbocycles. The van der Waals surface area contributed by atoms with Crippen LogP contribution >= 0.6 is 15.9 Å². The van der Waals surface area contributed by atoms with E-state index < -0.39 is 10.2 Å². The van der Waals surface area contributed by atoms with E-state index in [1.54, 1.807) is 0 Å². The Morgan fingerprint density at radius 1 is 1.21 bits per heavy atom. The molecule has 0 unspecified atom stereocenters. The number of hydrogen-bond donors (Lipinski definition) is 1. The highest BCUT2D eigenvalue weighted by molar-refractivity contribution is 9.09. The molecule has 0 bridgehead atoms. The fourth-order valence-electron chi connectivity index (χ4n) is 1.08. The Labute approximate surface area is 95.4 Å². The standard InChI is InChI=1S/C8H19BrN2O2S/c1-3-11(4-2)14(12,13)10-8-6-5-7-9/h10H,3-8H2,1-2H3. The summed E-state index contributed by atoms with van der Waals surface area (Å²) in [5.41, 5.74) is 0. The molecule has 0 aromatic carbocycles. The minimum atomic E-state index is -3.23. The van der Waals surface area contributed by atoms with Gasteiger partial charge in [-0.3, -0.25) is 0 Å². The van der Waals surface area contributed by atoms with Crippen molar-refractivity contribution in [1.82, 2.24) is 9.03 Å². The molecule has 0 rings (SSSR count). The Bertz CT molecular complexity index is 227. The third-order valence-electron chi connectivity index (χ3n) is 1.89. The van der Waals surface area contributed by atoms with E-state index in [9.17, 15) is 8.42 Å². The first-order valence-corrected chi connectivity index (χ1v) is 7.45. The molecule has 0 fully saturated rings. The van der Waals surface area contributed by atoms with E-state index in [1.165, 1.54) is 4.31 Å². The minimum absolute atomic E-state index is 0.518. The second kappa shape index (κ2) is 7.62. The minimum Gasteiger partial charge on any atom is -0.202 e. The molecule has 0 radical (unpaired) electrons. The fourth-order valence-corrected chi connectivity index (χ4v) is 2.74. The van der Waals surface area contributed by atoms with Gasteiger partial charge in [0.25, 0.3) is 10.2 Å². The van der Waals surface area contributed by atoms with Crippen molar-refractivity contribution in [2.45, 2.75) is 26.7 Å². The molecule has 4 nitrogen and oxygen atoms in total. The van der Waals surface area contributed by atoms with Gasteiger partial charge in [0.15, 0.2) is 0 Å². The van der Waals surface area contributed by atoms with Crippen LogP contribution in [0.4, 0.5) is 0 Å². The van der Waals surface area contributed by atoms with Gasteiger partial charge in [-0.05, 0) is 12.8 Å². The second-order valence-electron chi connectivity index (χ2n) is 2.88. The quantitative estimate of drug-likeness (QED) is 0.541. The van der Waals surface area contributed by atoms with Crippen molar-refractivity contribution in [2.75, 3.05) is 25.0 Å². The number of unbranched alkanes of at least 4 members (excludes halogenated alkanes) is 1. The zero-order valence-electron chi connectivity index (χ0n) is 8.79. The predicted octanol–water partition coefficient (Wildman–Crippen LogP) is 1.34. The Hall–Kier alpha value is 0.350. The molecule has 86 valence electrons. The highest BCUT2D eigenvalue weighted by Crippen LogP contribution is 1.98. The van der Waals surface area contributed by atoms with Crippen molar-refractivity contribution < 1.29 is 8.42 Å². The predicted molar refractivity (Wildman–Crippen MR) is 62.9 cm³/mol. The van der Waals surface area contributed by atoms with Crippen LogP contribution in [0.1, 0.15) is 26.7 Å². The van der Waals surface area contributed by atoms with Crippen LogP contribution in [0, 0.1) is 0 Å². The average Bonchev–Trinajstić information content (AvgIpc) is 2.14. The lowest BCUT2D eigenvalue weighted by Gasteiger charge is -2.18. The van der Waals surface area contributed by atoms with Crippen molar-refractivity contribution in [3.63, 3.8) is 0 Å². The van der Waals surface area contributed by atoms with Gasteiger partial charge in [0, 0.05) is 25.0 Å². The van der Waals surface area contributed by atoms with Gasteiger partial charge in [0.05, 0.1) is 0 Å². The number of halogens is 1. The van der Waals surface area contributed by atoms with Crippen LogP contribution in [0.15, 0.2) is 0 Å². The summed E-state index contributed by atoms with van der Waals surface area (Å²) in [5.74, 6) is 0. The van der Waals surface area contributed by atoms with E-state index in [4.69, 9.17) is 0 Å². The summed E-state index contributed by atoms with van der Waals surface area (Å²) in [6.45, 7) is 5.22. The van der Waals surface area contributed by atoms with Crippen LogP contribution in [-0.4, -0.2) is 37.7 Å². The van der Waals surface area contributed by atoms with Gasteiger partial charge < -0.3 is 0 Å². The molecule has 0 aliphatic heterocycles. The van der Waals surface area contributed by atoms with Crippen LogP contribution in [0.25, 0.3) is 0 Å². The molecular weight excluding hydrogens is 268 g/mol. The number of nitrogens with one attached hydrogen (secondary N) is 1. The molecule has 14 heavy (non-hydrogen) atoms. The van der Waals surface area contributed by atoms with Crippen LogP contribution in [0.5, 0.6) is 0 Å². The number of hydrogen-bond acceptors (Lipinski definition) is 2. The summed E-state index contributed by atoms with van der Waals surface area (Å²) in [6, 6.07) is 0. The van der Waals surface area contributed by atoms with E-state index in [0.29, 0.717) is 19.6 Å². The third-order valence-corrected chi connectivity index (χ3v) is 4.22. The molecule has 0 aliphatic rings. The molecule has 0 saturated heterocycles. The van der Waals surface area contributed by atoms with Gasteiger partial charge >= 0.3 is 0 Å². The lowest BCUT2D eigenvalue weighted by molar-refractivity contribution is 0.434. The zero-order chi connectivity index (χ0) is 11.0. The highest BCUT2D eigenvalue weighted by atomic mass is 79.9. The lowest BCUT2D eigenvalue weighted by Crippen LogP contribution is -2.40. The first-order chi connectivity index (χ1) is 6.58. The summed E-state index contributed by atoms with van der Waals surface area (Å²) in [6.07, 6.45) is 1.85. The highest BCUT2D eigenvalue weighted by Gasteiger charge is 2.16. The molecule has 0 aliphatic carbocycles. The maximum atomic E-state index is 11.6. The number of rotatable bonds is 8. The molecule has 0 heterocycles. The van der Waals surface area contributed by atoms with Crippen LogP contribution < -0.4 is 4.72 Å². The average molecular weight is 287 g/mol. The Morgan fingerprint density at radius 2 is 1.79 bits per heavy atom. The van der Waals surface area contributed by atoms with E-state index in [0.717, 1.165) is 18.2 Å². The number of alkyl halides is 1. The van der Waals surface area contributed by atoms with Gasteiger partial charge in [-0.25, -0.2) is 4.72 Å². The third kappa shape index (κ3) is 5.29. The molecule has 0 aromatic heterocycles. The van der Waals surface area contributed by atoms with Gasteiger partial charge in [-0.1, -0.05) is 29.8 Å². The van der Waals surface area contributed by atoms with Crippen LogP contribution in [0.3, 0.4) is 0 Å². The van der Waals surface area contributed by atoms with E-state index in [1.807, 2.05) is 13.8 Å². The van der Waals surface area contributed by atoms with Gasteiger partial charge in [-0.2, -0.15) is 12.7 Å². The largest absolute Gasteiger partial charge is 0.279 e. The molecule has 0 aromatic rings. The number of nitrogens with zero attached hydrogens (tertiary/aromatic N) is 1. The van der Waals surface area contributed by atoms with Crippen molar-refractivity contribution in [1.29, 1.82) is 0 Å². The Kier molecular flexibility index (Phi) is 7.81. The summed E-state index contributed by atoms with van der Waals surface area (Å²) < 4.78 is 27.1. The fraction of sp³-hybridized carbons (Fsp3) is 1.00. The molecule has 1 N–H and O–H groups in total. The van der Waals surface area contributed by atoms with Gasteiger partial charge in [0.1, 0.15) is 0 Å². The lowest BCUT2D eigenvalue weighted by atomic mass is 10.3. The monoisotopic (exact) mass is 286 g/mol. The van der Waals surface area contributed by atoms with Crippen molar-refractivity contribution in [2.24, 2.45) is 0 Å². The maximum absolute atomic E-state index is 11.6. The van der Waals surface area contributed by atoms with Gasteiger partial charge in [0.2, 0.25) is 0 Å². The van der Waals surface area contributed by atoms with Crippen LogP contribution in [0.2, 0.25) is 0 Å². The Morgan fingerprint density at radius 3 is 2.21 bits per heavy atom.